The molecule has 3 rings (SSSR count). The topological polar surface area (TPSA) is 51.2 Å². The fourth-order valence-electron chi connectivity index (χ4n) is 2.35. The van der Waals surface area contributed by atoms with E-state index in [4.69, 9.17) is 27.9 Å². The molecule has 0 aliphatic carbocycles. The van der Waals surface area contributed by atoms with Crippen LogP contribution in [0.15, 0.2) is 67.0 Å². The molecule has 0 fully saturated rings. The predicted molar refractivity (Wildman–Crippen MR) is 103 cm³/mol. The molecule has 0 aliphatic rings. The highest BCUT2D eigenvalue weighted by Crippen LogP contribution is 2.24. The van der Waals surface area contributed by atoms with E-state index in [1.165, 1.54) is 0 Å². The van der Waals surface area contributed by atoms with Gasteiger partial charge in [-0.05, 0) is 35.9 Å². The number of aromatic nitrogens is 1. The van der Waals surface area contributed by atoms with Crippen molar-refractivity contribution in [1.29, 1.82) is 0 Å². The summed E-state index contributed by atoms with van der Waals surface area (Å²) in [7, 11) is 0. The van der Waals surface area contributed by atoms with Gasteiger partial charge in [-0.2, -0.15) is 0 Å². The van der Waals surface area contributed by atoms with Gasteiger partial charge >= 0.3 is 0 Å². The van der Waals surface area contributed by atoms with E-state index in [1.807, 2.05) is 18.2 Å². The summed E-state index contributed by atoms with van der Waals surface area (Å²) < 4.78 is 5.82. The third kappa shape index (κ3) is 4.75. The number of hydrogen-bond donors (Lipinski definition) is 1. The molecule has 1 N–H and O–H groups in total. The van der Waals surface area contributed by atoms with Crippen molar-refractivity contribution in [3.63, 3.8) is 0 Å². The second-order valence-electron chi connectivity index (χ2n) is 5.56. The Hall–Kier alpha value is -2.56. The molecule has 26 heavy (non-hydrogen) atoms. The smallest absolute Gasteiger partial charge is 0.255 e. The molecule has 6 heteroatoms. The van der Waals surface area contributed by atoms with Gasteiger partial charge in [0.05, 0.1) is 5.56 Å². The van der Waals surface area contributed by atoms with E-state index in [0.717, 1.165) is 11.1 Å². The zero-order valence-corrected chi connectivity index (χ0v) is 15.3. The molecule has 0 aliphatic heterocycles. The maximum absolute atomic E-state index is 12.5. The number of nitrogens with one attached hydrogen (secondary N) is 1. The van der Waals surface area contributed by atoms with Crippen LogP contribution in [0.5, 0.6) is 5.75 Å². The number of carbonyl (C=O) groups is 1. The molecule has 4 nitrogen and oxygen atoms in total. The maximum Gasteiger partial charge on any atom is 0.255 e. The van der Waals surface area contributed by atoms with Gasteiger partial charge < -0.3 is 10.1 Å². The van der Waals surface area contributed by atoms with E-state index in [0.29, 0.717) is 27.9 Å². The van der Waals surface area contributed by atoms with Crippen molar-refractivity contribution < 1.29 is 9.53 Å². The van der Waals surface area contributed by atoms with Gasteiger partial charge in [-0.25, -0.2) is 0 Å². The zero-order valence-electron chi connectivity index (χ0n) is 13.8. The lowest BCUT2D eigenvalue weighted by atomic mass is 10.1. The fraction of sp³-hybridized carbons (Fsp3) is 0.100. The second kappa shape index (κ2) is 8.70. The summed E-state index contributed by atoms with van der Waals surface area (Å²) in [6, 6.07) is 16.0. The summed E-state index contributed by atoms with van der Waals surface area (Å²) in [4.78, 5) is 16.5. The van der Waals surface area contributed by atoms with Gasteiger partial charge in [-0.3, -0.25) is 9.78 Å². The Kier molecular flexibility index (Phi) is 6.10. The number of para-hydroxylation sites is 1. The molecule has 0 saturated carbocycles. The SMILES string of the molecule is O=C(NCc1cccnc1)c1ccccc1OCc1ccc(Cl)cc1Cl. The molecular weight excluding hydrogens is 371 g/mol. The number of rotatable bonds is 6. The molecule has 1 heterocycles. The number of pyridine rings is 1. The lowest BCUT2D eigenvalue weighted by Crippen LogP contribution is -2.23. The fourth-order valence-corrected chi connectivity index (χ4v) is 2.82. The Labute approximate surface area is 161 Å². The van der Waals surface area contributed by atoms with Gasteiger partial charge in [-0.15, -0.1) is 0 Å². The first kappa shape index (κ1) is 18.2. The zero-order chi connectivity index (χ0) is 18.4. The summed E-state index contributed by atoms with van der Waals surface area (Å²) in [5.41, 5.74) is 2.18. The first-order valence-corrected chi connectivity index (χ1v) is 8.72. The van der Waals surface area contributed by atoms with Crippen LogP contribution < -0.4 is 10.1 Å². The molecule has 1 amide bonds. The van der Waals surface area contributed by atoms with Crippen LogP contribution in [0, 0.1) is 0 Å². The summed E-state index contributed by atoms with van der Waals surface area (Å²) in [6.45, 7) is 0.632. The highest BCUT2D eigenvalue weighted by molar-refractivity contribution is 6.35. The standard InChI is InChI=1S/C20H16Cl2N2O2/c21-16-8-7-15(18(22)10-16)13-26-19-6-2-1-5-17(19)20(25)24-12-14-4-3-9-23-11-14/h1-11H,12-13H2,(H,24,25). The summed E-state index contributed by atoms with van der Waals surface area (Å²) in [6.07, 6.45) is 3.40. The van der Waals surface area contributed by atoms with Gasteiger partial charge in [0, 0.05) is 34.5 Å². The lowest BCUT2D eigenvalue weighted by Gasteiger charge is -2.12. The molecule has 0 spiro atoms. The van der Waals surface area contributed by atoms with Crippen molar-refractivity contribution >= 4 is 29.1 Å². The molecule has 1 aromatic heterocycles. The average molecular weight is 387 g/mol. The van der Waals surface area contributed by atoms with Crippen molar-refractivity contribution in [3.8, 4) is 5.75 Å². The number of amides is 1. The monoisotopic (exact) mass is 386 g/mol. The van der Waals surface area contributed by atoms with Gasteiger partial charge in [0.15, 0.2) is 0 Å². The Balaban J connectivity index is 1.68. The van der Waals surface area contributed by atoms with Crippen LogP contribution in [0.4, 0.5) is 0 Å². The average Bonchev–Trinajstić information content (AvgIpc) is 2.66. The number of hydrogen-bond acceptors (Lipinski definition) is 3. The van der Waals surface area contributed by atoms with E-state index in [1.54, 1.807) is 48.8 Å². The minimum atomic E-state index is -0.216. The molecule has 132 valence electrons. The molecule has 0 bridgehead atoms. The van der Waals surface area contributed by atoms with Crippen molar-refractivity contribution in [1.82, 2.24) is 10.3 Å². The van der Waals surface area contributed by atoms with Gasteiger partial charge in [0.25, 0.3) is 5.91 Å². The number of benzene rings is 2. The third-order valence-electron chi connectivity index (χ3n) is 3.71. The van der Waals surface area contributed by atoms with Gasteiger partial charge in [0.2, 0.25) is 0 Å². The molecule has 0 saturated heterocycles. The largest absolute Gasteiger partial charge is 0.488 e. The van der Waals surface area contributed by atoms with E-state index < -0.39 is 0 Å². The first-order valence-electron chi connectivity index (χ1n) is 7.96. The number of ether oxygens (including phenoxy) is 1. The van der Waals surface area contributed by atoms with Gasteiger partial charge in [0.1, 0.15) is 12.4 Å². The summed E-state index contributed by atoms with van der Waals surface area (Å²) >= 11 is 12.1. The molecule has 0 atom stereocenters. The molecule has 3 aromatic rings. The quantitative estimate of drug-likeness (QED) is 0.655. The number of halogens is 2. The maximum atomic E-state index is 12.5. The third-order valence-corrected chi connectivity index (χ3v) is 4.29. The van der Waals surface area contributed by atoms with E-state index in [2.05, 4.69) is 10.3 Å². The molecule has 0 radical (unpaired) electrons. The Morgan fingerprint density at radius 1 is 1.08 bits per heavy atom. The van der Waals surface area contributed by atoms with Crippen molar-refractivity contribution in [3.05, 3.63) is 93.7 Å². The van der Waals surface area contributed by atoms with E-state index in [-0.39, 0.29) is 12.5 Å². The highest BCUT2D eigenvalue weighted by atomic mass is 35.5. The lowest BCUT2D eigenvalue weighted by molar-refractivity contribution is 0.0946. The Morgan fingerprint density at radius 3 is 2.69 bits per heavy atom. The van der Waals surface area contributed by atoms with Crippen molar-refractivity contribution in [2.24, 2.45) is 0 Å². The Bertz CT molecular complexity index is 901. The number of carbonyl (C=O) groups excluding carboxylic acids is 1. The minimum absolute atomic E-state index is 0.216. The minimum Gasteiger partial charge on any atom is -0.488 e. The van der Waals surface area contributed by atoms with Crippen LogP contribution in [-0.2, 0) is 13.2 Å². The summed E-state index contributed by atoms with van der Waals surface area (Å²) in [5.74, 6) is 0.272. The predicted octanol–water partition coefficient (Wildman–Crippen LogP) is 4.90. The second-order valence-corrected chi connectivity index (χ2v) is 6.41. The Morgan fingerprint density at radius 2 is 1.92 bits per heavy atom. The van der Waals surface area contributed by atoms with Crippen LogP contribution in [0.25, 0.3) is 0 Å². The van der Waals surface area contributed by atoms with Crippen LogP contribution in [0.1, 0.15) is 21.5 Å². The van der Waals surface area contributed by atoms with Crippen LogP contribution in [0.2, 0.25) is 10.0 Å². The van der Waals surface area contributed by atoms with Crippen molar-refractivity contribution in [2.45, 2.75) is 13.2 Å². The molecular formula is C20H16Cl2N2O2. The van der Waals surface area contributed by atoms with Crippen molar-refractivity contribution in [2.75, 3.05) is 0 Å². The number of nitrogens with zero attached hydrogens (tertiary/aromatic N) is 1. The normalized spacial score (nSPS) is 10.4. The molecule has 0 unspecified atom stereocenters. The van der Waals surface area contributed by atoms with Crippen LogP contribution >= 0.6 is 23.2 Å². The van der Waals surface area contributed by atoms with Crippen LogP contribution in [0.3, 0.4) is 0 Å². The summed E-state index contributed by atoms with van der Waals surface area (Å²) in [5, 5.41) is 3.96. The van der Waals surface area contributed by atoms with E-state index >= 15 is 0 Å². The highest BCUT2D eigenvalue weighted by Gasteiger charge is 2.12. The molecule has 2 aromatic carbocycles. The first-order chi connectivity index (χ1) is 12.6. The van der Waals surface area contributed by atoms with Crippen LogP contribution in [-0.4, -0.2) is 10.9 Å². The van der Waals surface area contributed by atoms with E-state index in [9.17, 15) is 4.79 Å². The van der Waals surface area contributed by atoms with Gasteiger partial charge in [-0.1, -0.05) is 47.5 Å².